The molecule has 3 aromatic rings. The molecule has 3 heterocycles. The summed E-state index contributed by atoms with van der Waals surface area (Å²) in [5.41, 5.74) is 8.93. The SMILES string of the molecule is COc1ccc(N2CCN(c3ncnc(Nc4cccnc4)c3N)CC2)cc1. The first-order valence-electron chi connectivity index (χ1n) is 9.16. The highest BCUT2D eigenvalue weighted by Gasteiger charge is 2.21. The molecule has 0 saturated carbocycles. The van der Waals surface area contributed by atoms with Gasteiger partial charge in [-0.3, -0.25) is 4.98 Å². The standard InChI is InChI=1S/C20H23N7O/c1-28-17-6-4-16(5-7-17)26-9-11-27(12-10-26)20-18(21)19(23-14-24-20)25-15-3-2-8-22-13-15/h2-8,13-14H,9-12,21H2,1H3,(H,23,24,25). The monoisotopic (exact) mass is 377 g/mol. The van der Waals surface area contributed by atoms with Gasteiger partial charge in [-0.25, -0.2) is 9.97 Å². The molecule has 0 amide bonds. The van der Waals surface area contributed by atoms with Crippen molar-refractivity contribution in [2.75, 3.05) is 54.1 Å². The maximum atomic E-state index is 6.36. The minimum absolute atomic E-state index is 0.546. The summed E-state index contributed by atoms with van der Waals surface area (Å²) in [7, 11) is 1.68. The smallest absolute Gasteiger partial charge is 0.159 e. The Morgan fingerprint density at radius 3 is 2.43 bits per heavy atom. The number of benzene rings is 1. The van der Waals surface area contributed by atoms with E-state index >= 15 is 0 Å². The number of ether oxygens (including phenoxy) is 1. The van der Waals surface area contributed by atoms with Crippen molar-refractivity contribution in [1.29, 1.82) is 0 Å². The minimum atomic E-state index is 0.546. The molecule has 28 heavy (non-hydrogen) atoms. The summed E-state index contributed by atoms with van der Waals surface area (Å²) in [6, 6.07) is 11.9. The van der Waals surface area contributed by atoms with Gasteiger partial charge in [0.25, 0.3) is 0 Å². The quantitative estimate of drug-likeness (QED) is 0.701. The molecule has 0 radical (unpaired) electrons. The van der Waals surface area contributed by atoms with Gasteiger partial charge < -0.3 is 25.6 Å². The third-order valence-corrected chi connectivity index (χ3v) is 4.80. The molecular weight excluding hydrogens is 354 g/mol. The first kappa shape index (κ1) is 17.8. The van der Waals surface area contributed by atoms with Crippen LogP contribution < -0.4 is 25.6 Å². The topological polar surface area (TPSA) is 92.4 Å². The molecule has 1 aromatic carbocycles. The number of nitrogens with one attached hydrogen (secondary N) is 1. The highest BCUT2D eigenvalue weighted by Crippen LogP contribution is 2.29. The average Bonchev–Trinajstić information content (AvgIpc) is 2.76. The van der Waals surface area contributed by atoms with Gasteiger partial charge in [-0.05, 0) is 36.4 Å². The van der Waals surface area contributed by atoms with E-state index in [0.717, 1.165) is 43.4 Å². The molecular formula is C20H23N7O. The predicted molar refractivity (Wildman–Crippen MR) is 111 cm³/mol. The zero-order valence-electron chi connectivity index (χ0n) is 15.7. The van der Waals surface area contributed by atoms with Crippen LogP contribution >= 0.6 is 0 Å². The highest BCUT2D eigenvalue weighted by molar-refractivity contribution is 5.78. The summed E-state index contributed by atoms with van der Waals surface area (Å²) < 4.78 is 5.23. The fourth-order valence-electron chi connectivity index (χ4n) is 3.28. The van der Waals surface area contributed by atoms with Crippen molar-refractivity contribution in [3.05, 3.63) is 55.1 Å². The van der Waals surface area contributed by atoms with E-state index in [4.69, 9.17) is 10.5 Å². The summed E-state index contributed by atoms with van der Waals surface area (Å²) >= 11 is 0. The second kappa shape index (κ2) is 7.99. The van der Waals surface area contributed by atoms with E-state index in [1.165, 1.54) is 5.69 Å². The van der Waals surface area contributed by atoms with Crippen molar-refractivity contribution in [2.45, 2.75) is 0 Å². The molecule has 0 bridgehead atoms. The van der Waals surface area contributed by atoms with Crippen molar-refractivity contribution in [3.63, 3.8) is 0 Å². The van der Waals surface area contributed by atoms with E-state index in [-0.39, 0.29) is 0 Å². The van der Waals surface area contributed by atoms with Gasteiger partial charge in [0.1, 0.15) is 17.8 Å². The Labute approximate surface area is 164 Å². The Balaban J connectivity index is 1.45. The molecule has 3 N–H and O–H groups in total. The lowest BCUT2D eigenvalue weighted by atomic mass is 10.2. The molecule has 1 aliphatic heterocycles. The zero-order valence-corrected chi connectivity index (χ0v) is 15.7. The highest BCUT2D eigenvalue weighted by atomic mass is 16.5. The lowest BCUT2D eigenvalue weighted by Gasteiger charge is -2.37. The number of nitrogen functional groups attached to an aromatic ring is 1. The van der Waals surface area contributed by atoms with Crippen molar-refractivity contribution in [3.8, 4) is 5.75 Å². The number of rotatable bonds is 5. The third kappa shape index (κ3) is 3.75. The van der Waals surface area contributed by atoms with Gasteiger partial charge in [-0.2, -0.15) is 0 Å². The Kier molecular flexibility index (Phi) is 5.09. The van der Waals surface area contributed by atoms with Crippen LogP contribution in [0, 0.1) is 0 Å². The summed E-state index contributed by atoms with van der Waals surface area (Å²) in [6.07, 6.45) is 5.00. The Morgan fingerprint density at radius 1 is 1.00 bits per heavy atom. The van der Waals surface area contributed by atoms with Crippen molar-refractivity contribution < 1.29 is 4.74 Å². The number of hydrogen-bond acceptors (Lipinski definition) is 8. The van der Waals surface area contributed by atoms with Gasteiger partial charge in [0.2, 0.25) is 0 Å². The van der Waals surface area contributed by atoms with E-state index in [1.807, 2.05) is 24.3 Å². The summed E-state index contributed by atoms with van der Waals surface area (Å²) in [5.74, 6) is 2.22. The lowest BCUT2D eigenvalue weighted by molar-refractivity contribution is 0.415. The molecule has 2 aromatic heterocycles. The average molecular weight is 377 g/mol. The fourth-order valence-corrected chi connectivity index (χ4v) is 3.28. The molecule has 0 atom stereocenters. The van der Waals surface area contributed by atoms with Crippen LogP contribution in [0.5, 0.6) is 5.75 Å². The number of pyridine rings is 1. The molecule has 4 rings (SSSR count). The van der Waals surface area contributed by atoms with Crippen molar-refractivity contribution in [1.82, 2.24) is 15.0 Å². The van der Waals surface area contributed by atoms with Gasteiger partial charge in [0.15, 0.2) is 11.6 Å². The normalized spacial score (nSPS) is 14.0. The Hall–Kier alpha value is -3.55. The Morgan fingerprint density at radius 2 is 1.75 bits per heavy atom. The zero-order chi connectivity index (χ0) is 19.3. The molecule has 1 aliphatic rings. The van der Waals surface area contributed by atoms with E-state index < -0.39 is 0 Å². The maximum absolute atomic E-state index is 6.36. The van der Waals surface area contributed by atoms with E-state index in [9.17, 15) is 0 Å². The summed E-state index contributed by atoms with van der Waals surface area (Å²) in [6.45, 7) is 3.45. The molecule has 0 spiro atoms. The predicted octanol–water partition coefficient (Wildman–Crippen LogP) is 2.53. The molecule has 1 saturated heterocycles. The molecule has 1 fully saturated rings. The summed E-state index contributed by atoms with van der Waals surface area (Å²) in [5, 5.41) is 3.21. The van der Waals surface area contributed by atoms with Crippen LogP contribution in [0.2, 0.25) is 0 Å². The molecule has 0 aliphatic carbocycles. The van der Waals surface area contributed by atoms with Crippen LogP contribution in [-0.2, 0) is 0 Å². The van der Waals surface area contributed by atoms with Crippen LogP contribution in [0.15, 0.2) is 55.1 Å². The van der Waals surface area contributed by atoms with E-state index in [2.05, 4.69) is 42.2 Å². The third-order valence-electron chi connectivity index (χ3n) is 4.80. The second-order valence-electron chi connectivity index (χ2n) is 6.50. The van der Waals surface area contributed by atoms with Crippen LogP contribution in [0.3, 0.4) is 0 Å². The maximum Gasteiger partial charge on any atom is 0.159 e. The number of methoxy groups -OCH3 is 1. The van der Waals surface area contributed by atoms with Crippen LogP contribution in [0.25, 0.3) is 0 Å². The molecule has 8 heteroatoms. The number of anilines is 5. The Bertz CT molecular complexity index is 910. The molecule has 8 nitrogen and oxygen atoms in total. The number of piperazine rings is 1. The number of hydrogen-bond donors (Lipinski definition) is 2. The van der Waals surface area contributed by atoms with Crippen LogP contribution in [-0.4, -0.2) is 48.2 Å². The van der Waals surface area contributed by atoms with Gasteiger partial charge in [-0.15, -0.1) is 0 Å². The van der Waals surface area contributed by atoms with E-state index in [1.54, 1.807) is 25.8 Å². The van der Waals surface area contributed by atoms with Crippen molar-refractivity contribution in [2.24, 2.45) is 0 Å². The van der Waals surface area contributed by atoms with Crippen LogP contribution in [0.1, 0.15) is 0 Å². The molecule has 144 valence electrons. The van der Waals surface area contributed by atoms with Gasteiger partial charge in [0.05, 0.1) is 19.0 Å². The molecule has 0 unspecified atom stereocenters. The van der Waals surface area contributed by atoms with Gasteiger partial charge >= 0.3 is 0 Å². The van der Waals surface area contributed by atoms with Gasteiger partial charge in [-0.1, -0.05) is 0 Å². The first-order valence-corrected chi connectivity index (χ1v) is 9.16. The summed E-state index contributed by atoms with van der Waals surface area (Å²) in [4.78, 5) is 17.4. The first-order chi connectivity index (χ1) is 13.7. The lowest BCUT2D eigenvalue weighted by Crippen LogP contribution is -2.47. The van der Waals surface area contributed by atoms with Crippen molar-refractivity contribution >= 4 is 28.7 Å². The number of aromatic nitrogens is 3. The fraction of sp³-hybridized carbons (Fsp3) is 0.250. The van der Waals surface area contributed by atoms with Gasteiger partial charge in [0, 0.05) is 38.1 Å². The largest absolute Gasteiger partial charge is 0.497 e. The van der Waals surface area contributed by atoms with E-state index in [0.29, 0.717) is 11.5 Å². The van der Waals surface area contributed by atoms with Crippen LogP contribution in [0.4, 0.5) is 28.7 Å². The number of nitrogens with zero attached hydrogens (tertiary/aromatic N) is 5. The number of nitrogens with two attached hydrogens (primary N) is 1. The minimum Gasteiger partial charge on any atom is -0.497 e. The second-order valence-corrected chi connectivity index (χ2v) is 6.50.